The number of rotatable bonds is 8. The van der Waals surface area contributed by atoms with E-state index in [0.29, 0.717) is 36.1 Å². The van der Waals surface area contributed by atoms with Crippen LogP contribution in [0.2, 0.25) is 0 Å². The molecule has 1 saturated heterocycles. The van der Waals surface area contributed by atoms with Crippen LogP contribution in [0.3, 0.4) is 0 Å². The molecule has 1 fully saturated rings. The first-order valence-electron chi connectivity index (χ1n) is 13.7. The smallest absolute Gasteiger partial charge is 0.310 e. The molecule has 0 spiro atoms. The average molecular weight is 565 g/mol. The summed E-state index contributed by atoms with van der Waals surface area (Å²) in [6.07, 6.45) is 1.64. The lowest BCUT2D eigenvalue weighted by molar-refractivity contribution is -0.151. The lowest BCUT2D eigenvalue weighted by Gasteiger charge is -2.44. The minimum Gasteiger partial charge on any atom is -0.444 e. The summed E-state index contributed by atoms with van der Waals surface area (Å²) in [6.45, 7) is 9.14. The summed E-state index contributed by atoms with van der Waals surface area (Å²) < 4.78 is 20.5. The Kier molecular flexibility index (Phi) is 8.92. The molecule has 2 unspecified atom stereocenters. The van der Waals surface area contributed by atoms with Gasteiger partial charge in [0.05, 0.1) is 17.0 Å². The number of hydrogen-bond acceptors (Lipinski definition) is 6. The number of aromatic nitrogens is 1. The predicted molar refractivity (Wildman–Crippen MR) is 153 cm³/mol. The third-order valence-electron chi connectivity index (χ3n) is 7.47. The molecule has 2 heterocycles. The van der Waals surface area contributed by atoms with E-state index < -0.39 is 11.7 Å². The van der Waals surface area contributed by atoms with Crippen LogP contribution in [0, 0.1) is 11.7 Å². The third-order valence-corrected chi connectivity index (χ3v) is 7.47. The number of amides is 2. The second-order valence-corrected chi connectivity index (χ2v) is 11.2. The van der Waals surface area contributed by atoms with Crippen LogP contribution in [0.4, 0.5) is 4.39 Å². The van der Waals surface area contributed by atoms with Gasteiger partial charge in [0.1, 0.15) is 5.82 Å². The largest absolute Gasteiger partial charge is 0.444 e. The molecule has 2 atom stereocenters. The van der Waals surface area contributed by atoms with Crippen molar-refractivity contribution < 1.29 is 28.3 Å². The summed E-state index contributed by atoms with van der Waals surface area (Å²) in [6, 6.07) is 11.1. The molecule has 0 saturated carbocycles. The van der Waals surface area contributed by atoms with Crippen LogP contribution in [0.5, 0.6) is 0 Å². The Labute approximate surface area is 239 Å². The second kappa shape index (κ2) is 12.2. The first-order valence-corrected chi connectivity index (χ1v) is 13.7. The third kappa shape index (κ3) is 6.48. The predicted octanol–water partition coefficient (Wildman–Crippen LogP) is 3.94. The first kappa shape index (κ1) is 29.9. The molecular formula is C31H37FN4O5. The number of esters is 1. The number of ether oxygens (including phenoxy) is 1. The van der Waals surface area contributed by atoms with E-state index in [1.165, 1.54) is 31.1 Å². The van der Waals surface area contributed by atoms with Crippen molar-refractivity contribution in [2.24, 2.45) is 5.92 Å². The Morgan fingerprint density at radius 1 is 1.00 bits per heavy atom. The Bertz CT molecular complexity index is 1460. The first-order chi connectivity index (χ1) is 19.4. The van der Waals surface area contributed by atoms with Gasteiger partial charge in [0.15, 0.2) is 6.73 Å². The van der Waals surface area contributed by atoms with Gasteiger partial charge < -0.3 is 19.1 Å². The molecule has 1 aliphatic rings. The van der Waals surface area contributed by atoms with Gasteiger partial charge in [-0.2, -0.15) is 0 Å². The van der Waals surface area contributed by atoms with Gasteiger partial charge in [-0.25, -0.2) is 4.39 Å². The number of ketones is 1. The summed E-state index contributed by atoms with van der Waals surface area (Å²) in [5.74, 6) is -2.52. The van der Waals surface area contributed by atoms with Crippen molar-refractivity contribution in [1.29, 1.82) is 0 Å². The van der Waals surface area contributed by atoms with Crippen LogP contribution < -0.4 is 0 Å². The zero-order chi connectivity index (χ0) is 30.0. The van der Waals surface area contributed by atoms with Crippen LogP contribution in [0.1, 0.15) is 54.0 Å². The fourth-order valence-electron chi connectivity index (χ4n) is 5.02. The van der Waals surface area contributed by atoms with Crippen molar-refractivity contribution >= 4 is 34.5 Å². The molecule has 0 radical (unpaired) electrons. The molecule has 1 aromatic heterocycles. The summed E-state index contributed by atoms with van der Waals surface area (Å²) in [7, 11) is 3.01. The Balaban J connectivity index is 1.64. The number of piperazine rings is 1. The molecule has 0 bridgehead atoms. The molecule has 2 aromatic carbocycles. The number of carbonyl (C=O) groups excluding carboxylic acids is 4. The summed E-state index contributed by atoms with van der Waals surface area (Å²) >= 11 is 0. The van der Waals surface area contributed by atoms with Crippen molar-refractivity contribution in [3.8, 4) is 0 Å². The van der Waals surface area contributed by atoms with Gasteiger partial charge in [-0.05, 0) is 49.7 Å². The van der Waals surface area contributed by atoms with Gasteiger partial charge in [0.25, 0.3) is 11.8 Å². The molecule has 10 heteroatoms. The minimum atomic E-state index is -0.675. The van der Waals surface area contributed by atoms with E-state index in [4.69, 9.17) is 4.74 Å². The van der Waals surface area contributed by atoms with Crippen molar-refractivity contribution in [3.63, 3.8) is 0 Å². The normalized spacial score (nSPS) is 17.6. The highest BCUT2D eigenvalue weighted by atomic mass is 19.1. The zero-order valence-corrected chi connectivity index (χ0v) is 24.4. The fourth-order valence-corrected chi connectivity index (χ4v) is 5.02. The van der Waals surface area contributed by atoms with Gasteiger partial charge in [-0.3, -0.25) is 24.1 Å². The number of benzene rings is 2. The zero-order valence-electron chi connectivity index (χ0n) is 24.4. The lowest BCUT2D eigenvalue weighted by atomic mass is 10.0. The van der Waals surface area contributed by atoms with Crippen molar-refractivity contribution in [3.05, 3.63) is 71.2 Å². The van der Waals surface area contributed by atoms with E-state index >= 15 is 0 Å². The van der Waals surface area contributed by atoms with Crippen LogP contribution in [-0.4, -0.2) is 82.1 Å². The molecule has 0 aliphatic carbocycles. The molecule has 0 N–H and O–H groups in total. The van der Waals surface area contributed by atoms with E-state index in [1.54, 1.807) is 54.9 Å². The molecule has 3 aromatic rings. The van der Waals surface area contributed by atoms with Gasteiger partial charge in [0.2, 0.25) is 5.78 Å². The molecule has 41 heavy (non-hydrogen) atoms. The van der Waals surface area contributed by atoms with Crippen molar-refractivity contribution in [1.82, 2.24) is 19.3 Å². The van der Waals surface area contributed by atoms with Crippen LogP contribution >= 0.6 is 0 Å². The molecule has 2 amide bonds. The van der Waals surface area contributed by atoms with E-state index in [1.807, 2.05) is 18.7 Å². The number of carbonyl (C=O) groups is 4. The fraction of sp³-hybridized carbons (Fsp3) is 0.419. The van der Waals surface area contributed by atoms with Crippen LogP contribution in [0.25, 0.3) is 10.9 Å². The number of likely N-dealkylation sites (N-methyl/N-ethyl adjacent to an activating group) is 1. The SMILES string of the molecule is CC(C)C(=O)OCn1cc(C(=O)N2CC(C)N(Cc3ccc(F)cc3)CC2C)c2cc(C(=O)C(=O)N(C)C)ccc21. The van der Waals surface area contributed by atoms with E-state index in [2.05, 4.69) is 4.90 Å². The van der Waals surface area contributed by atoms with Gasteiger partial charge >= 0.3 is 5.97 Å². The standard InChI is InChI=1S/C31H37FN4O5/c1-19(2)31(40)41-18-35-17-26(25-13-23(9-12-27(25)35)28(37)30(39)33(5)6)29(38)36-15-20(3)34(14-21(36)4)16-22-7-10-24(32)11-8-22/h7-13,17,19-21H,14-16,18H2,1-6H3. The van der Waals surface area contributed by atoms with E-state index in [0.717, 1.165) is 5.56 Å². The number of nitrogens with zero attached hydrogens (tertiary/aromatic N) is 4. The topological polar surface area (TPSA) is 92.2 Å². The number of hydrogen-bond donors (Lipinski definition) is 0. The highest BCUT2D eigenvalue weighted by molar-refractivity contribution is 6.43. The van der Waals surface area contributed by atoms with E-state index in [-0.39, 0.29) is 48.0 Å². The molecule has 9 nitrogen and oxygen atoms in total. The van der Waals surface area contributed by atoms with Gasteiger partial charge in [-0.1, -0.05) is 26.0 Å². The molecular weight excluding hydrogens is 527 g/mol. The highest BCUT2D eigenvalue weighted by Gasteiger charge is 2.34. The van der Waals surface area contributed by atoms with Crippen molar-refractivity contribution in [2.45, 2.75) is 53.1 Å². The maximum atomic E-state index is 14.0. The van der Waals surface area contributed by atoms with Gasteiger partial charge in [0, 0.05) is 63.0 Å². The second-order valence-electron chi connectivity index (χ2n) is 11.2. The van der Waals surface area contributed by atoms with Gasteiger partial charge in [-0.15, -0.1) is 0 Å². The van der Waals surface area contributed by atoms with Crippen LogP contribution in [-0.2, 0) is 27.6 Å². The number of Topliss-reactive ketones (excluding diaryl/α,β-unsaturated/α-hetero) is 1. The lowest BCUT2D eigenvalue weighted by Crippen LogP contribution is -2.57. The average Bonchev–Trinajstić information content (AvgIpc) is 3.31. The molecule has 218 valence electrons. The Morgan fingerprint density at radius 2 is 1.68 bits per heavy atom. The Hall–Kier alpha value is -4.05. The van der Waals surface area contributed by atoms with Crippen molar-refractivity contribution in [2.75, 3.05) is 27.2 Å². The Morgan fingerprint density at radius 3 is 2.32 bits per heavy atom. The minimum absolute atomic E-state index is 0.0374. The van der Waals surface area contributed by atoms with Crippen LogP contribution in [0.15, 0.2) is 48.7 Å². The molecule has 1 aliphatic heterocycles. The van der Waals surface area contributed by atoms with E-state index in [9.17, 15) is 23.6 Å². The number of halogens is 1. The maximum Gasteiger partial charge on any atom is 0.310 e. The number of fused-ring (bicyclic) bond motifs is 1. The summed E-state index contributed by atoms with van der Waals surface area (Å²) in [4.78, 5) is 56.7. The maximum absolute atomic E-state index is 14.0. The summed E-state index contributed by atoms with van der Waals surface area (Å²) in [5.41, 5.74) is 2.13. The highest BCUT2D eigenvalue weighted by Crippen LogP contribution is 2.28. The monoisotopic (exact) mass is 564 g/mol. The molecule has 4 rings (SSSR count). The summed E-state index contributed by atoms with van der Waals surface area (Å²) in [5, 5.41) is 0.501. The quantitative estimate of drug-likeness (QED) is 0.234.